The summed E-state index contributed by atoms with van der Waals surface area (Å²) in [5.74, 6) is 0.377. The second-order valence-corrected chi connectivity index (χ2v) is 5.73. The first-order valence-electron chi connectivity index (χ1n) is 7.34. The summed E-state index contributed by atoms with van der Waals surface area (Å²) in [5, 5.41) is 13.3. The molecule has 0 saturated carbocycles. The number of fused-ring (bicyclic) bond motifs is 1. The van der Waals surface area contributed by atoms with Gasteiger partial charge in [0.25, 0.3) is 0 Å². The zero-order valence-corrected chi connectivity index (χ0v) is 11.8. The second kappa shape index (κ2) is 5.68. The van der Waals surface area contributed by atoms with Crippen LogP contribution in [0.4, 0.5) is 0 Å². The number of phenols is 1. The molecule has 0 bridgehead atoms. The normalized spacial score (nSPS) is 18.8. The van der Waals surface area contributed by atoms with Crippen molar-refractivity contribution in [3.63, 3.8) is 0 Å². The number of hydrogen-bond acceptors (Lipinski definition) is 2. The zero-order chi connectivity index (χ0) is 13.9. The smallest absolute Gasteiger partial charge is 0.115 e. The molecule has 2 unspecified atom stereocenters. The van der Waals surface area contributed by atoms with Crippen LogP contribution in [0.3, 0.4) is 0 Å². The number of hydrogen-bond donors (Lipinski definition) is 2. The minimum absolute atomic E-state index is 0.377. The van der Waals surface area contributed by atoms with Crippen molar-refractivity contribution in [1.82, 2.24) is 5.32 Å². The van der Waals surface area contributed by atoms with Gasteiger partial charge in [0, 0.05) is 12.1 Å². The predicted molar refractivity (Wildman–Crippen MR) is 81.9 cm³/mol. The molecule has 2 atom stereocenters. The predicted octanol–water partition coefficient (Wildman–Crippen LogP) is 3.60. The fourth-order valence-corrected chi connectivity index (χ4v) is 3.15. The minimum Gasteiger partial charge on any atom is -0.508 e. The lowest BCUT2D eigenvalue weighted by Crippen LogP contribution is -2.31. The summed E-state index contributed by atoms with van der Waals surface area (Å²) < 4.78 is 0. The summed E-state index contributed by atoms with van der Waals surface area (Å²) in [5.41, 5.74) is 4.01. The van der Waals surface area contributed by atoms with Crippen molar-refractivity contribution < 1.29 is 5.11 Å². The lowest BCUT2D eigenvalue weighted by Gasteiger charge is -2.20. The maximum atomic E-state index is 9.54. The van der Waals surface area contributed by atoms with E-state index < -0.39 is 0 Å². The summed E-state index contributed by atoms with van der Waals surface area (Å²) in [4.78, 5) is 0. The Hall–Kier alpha value is -1.80. The molecule has 2 heteroatoms. The summed E-state index contributed by atoms with van der Waals surface area (Å²) in [6.07, 6.45) is 3.22. The molecule has 20 heavy (non-hydrogen) atoms. The maximum Gasteiger partial charge on any atom is 0.115 e. The van der Waals surface area contributed by atoms with E-state index in [9.17, 15) is 5.11 Å². The average molecular weight is 267 g/mol. The molecule has 0 fully saturated rings. The highest BCUT2D eigenvalue weighted by Crippen LogP contribution is 2.33. The molecule has 2 N–H and O–H groups in total. The standard InChI is InChI=1S/C18H21NO/c1-13(11-14-5-3-2-4-6-14)19-18-10-7-15-12-16(20)8-9-17(15)18/h2-6,8-9,12-13,18-20H,7,10-11H2,1H3. The zero-order valence-electron chi connectivity index (χ0n) is 11.8. The van der Waals surface area contributed by atoms with E-state index in [0.29, 0.717) is 17.8 Å². The number of nitrogens with one attached hydrogen (secondary N) is 1. The van der Waals surface area contributed by atoms with Crippen molar-refractivity contribution in [2.24, 2.45) is 0 Å². The monoisotopic (exact) mass is 267 g/mol. The Balaban J connectivity index is 1.65. The van der Waals surface area contributed by atoms with Crippen LogP contribution < -0.4 is 5.32 Å². The van der Waals surface area contributed by atoms with Gasteiger partial charge in [-0.15, -0.1) is 0 Å². The van der Waals surface area contributed by atoms with E-state index in [2.05, 4.69) is 48.6 Å². The number of aromatic hydroxyl groups is 1. The van der Waals surface area contributed by atoms with Gasteiger partial charge in [-0.3, -0.25) is 0 Å². The summed E-state index contributed by atoms with van der Waals surface area (Å²) >= 11 is 0. The van der Waals surface area contributed by atoms with Gasteiger partial charge >= 0.3 is 0 Å². The summed E-state index contributed by atoms with van der Waals surface area (Å²) in [7, 11) is 0. The first kappa shape index (κ1) is 13.2. The Morgan fingerprint density at radius 2 is 2.00 bits per heavy atom. The number of benzene rings is 2. The average Bonchev–Trinajstić information content (AvgIpc) is 2.82. The van der Waals surface area contributed by atoms with Crippen LogP contribution in [-0.2, 0) is 12.8 Å². The van der Waals surface area contributed by atoms with E-state index in [-0.39, 0.29) is 0 Å². The van der Waals surface area contributed by atoms with Crippen LogP contribution in [0.15, 0.2) is 48.5 Å². The Bertz CT molecular complexity index is 579. The molecule has 0 amide bonds. The molecule has 1 aliphatic rings. The number of phenolic OH excluding ortho intramolecular Hbond substituents is 1. The third kappa shape index (κ3) is 2.86. The van der Waals surface area contributed by atoms with Crippen LogP contribution >= 0.6 is 0 Å². The topological polar surface area (TPSA) is 32.3 Å². The van der Waals surface area contributed by atoms with Crippen LogP contribution in [0.2, 0.25) is 0 Å². The Labute approximate surface area is 120 Å². The molecular formula is C18H21NO. The largest absolute Gasteiger partial charge is 0.508 e. The second-order valence-electron chi connectivity index (χ2n) is 5.73. The highest BCUT2D eigenvalue weighted by atomic mass is 16.3. The fraction of sp³-hybridized carbons (Fsp3) is 0.333. The van der Waals surface area contributed by atoms with Gasteiger partial charge < -0.3 is 10.4 Å². The molecule has 0 aliphatic heterocycles. The Kier molecular flexibility index (Phi) is 3.75. The van der Waals surface area contributed by atoms with E-state index in [1.54, 1.807) is 6.07 Å². The van der Waals surface area contributed by atoms with E-state index >= 15 is 0 Å². The van der Waals surface area contributed by atoms with E-state index in [4.69, 9.17) is 0 Å². The highest BCUT2D eigenvalue weighted by Gasteiger charge is 2.23. The highest BCUT2D eigenvalue weighted by molar-refractivity contribution is 5.40. The van der Waals surface area contributed by atoms with Crippen LogP contribution in [-0.4, -0.2) is 11.1 Å². The van der Waals surface area contributed by atoms with Crippen LogP contribution in [0.5, 0.6) is 5.75 Å². The van der Waals surface area contributed by atoms with Crippen LogP contribution in [0.25, 0.3) is 0 Å². The van der Waals surface area contributed by atoms with Gasteiger partial charge in [-0.1, -0.05) is 36.4 Å². The molecule has 2 aromatic rings. The molecule has 104 valence electrons. The first-order chi connectivity index (χ1) is 9.72. The van der Waals surface area contributed by atoms with Gasteiger partial charge in [-0.25, -0.2) is 0 Å². The summed E-state index contributed by atoms with van der Waals surface area (Å²) in [6.45, 7) is 2.24. The van der Waals surface area contributed by atoms with Crippen molar-refractivity contribution in [3.05, 3.63) is 65.2 Å². The SMILES string of the molecule is CC(Cc1ccccc1)NC1CCc2cc(O)ccc21. The minimum atomic E-state index is 0.377. The first-order valence-corrected chi connectivity index (χ1v) is 7.34. The molecule has 1 aliphatic carbocycles. The summed E-state index contributed by atoms with van der Waals surface area (Å²) in [6, 6.07) is 17.2. The van der Waals surface area contributed by atoms with Crippen molar-refractivity contribution >= 4 is 0 Å². The van der Waals surface area contributed by atoms with E-state index in [1.165, 1.54) is 16.7 Å². The van der Waals surface area contributed by atoms with Crippen molar-refractivity contribution in [2.45, 2.75) is 38.3 Å². The molecule has 2 aromatic carbocycles. The quantitative estimate of drug-likeness (QED) is 0.887. The third-order valence-electron chi connectivity index (χ3n) is 4.07. The number of aryl methyl sites for hydroxylation is 1. The van der Waals surface area contributed by atoms with Gasteiger partial charge in [0.2, 0.25) is 0 Å². The van der Waals surface area contributed by atoms with Gasteiger partial charge in [0.05, 0.1) is 0 Å². The number of rotatable bonds is 4. The molecule has 3 rings (SSSR count). The van der Waals surface area contributed by atoms with Gasteiger partial charge in [-0.2, -0.15) is 0 Å². The molecule has 0 spiro atoms. The Morgan fingerprint density at radius 3 is 2.80 bits per heavy atom. The van der Waals surface area contributed by atoms with Gasteiger partial charge in [-0.05, 0) is 55.0 Å². The van der Waals surface area contributed by atoms with Gasteiger partial charge in [0.1, 0.15) is 5.75 Å². The molecule has 0 saturated heterocycles. The van der Waals surface area contributed by atoms with E-state index in [0.717, 1.165) is 19.3 Å². The third-order valence-corrected chi connectivity index (χ3v) is 4.07. The van der Waals surface area contributed by atoms with Gasteiger partial charge in [0.15, 0.2) is 0 Å². The van der Waals surface area contributed by atoms with Crippen molar-refractivity contribution in [3.8, 4) is 5.75 Å². The molecule has 0 radical (unpaired) electrons. The van der Waals surface area contributed by atoms with Crippen molar-refractivity contribution in [2.75, 3.05) is 0 Å². The van der Waals surface area contributed by atoms with Crippen molar-refractivity contribution in [1.29, 1.82) is 0 Å². The molecule has 2 nitrogen and oxygen atoms in total. The molecular weight excluding hydrogens is 246 g/mol. The molecule has 0 aromatic heterocycles. The molecule has 0 heterocycles. The lowest BCUT2D eigenvalue weighted by atomic mass is 10.0. The van der Waals surface area contributed by atoms with Crippen LogP contribution in [0, 0.1) is 0 Å². The lowest BCUT2D eigenvalue weighted by molar-refractivity contribution is 0.451. The Morgan fingerprint density at radius 1 is 1.20 bits per heavy atom. The maximum absolute atomic E-state index is 9.54. The van der Waals surface area contributed by atoms with E-state index in [1.807, 2.05) is 6.07 Å². The van der Waals surface area contributed by atoms with Crippen LogP contribution in [0.1, 0.15) is 36.1 Å². The fourth-order valence-electron chi connectivity index (χ4n) is 3.15.